The van der Waals surface area contributed by atoms with E-state index in [2.05, 4.69) is 9.97 Å². The standard InChI is InChI=1S/C13H14N2O2S3/c1-18-13-14-10-7-4-2-3-5-8(7)20-11(10)12(15-13)19-6-9(16)17/h2-6H2,1H3,(H,16,17)/p-1. The third-order valence-corrected chi connectivity index (χ3v) is 6.17. The van der Waals surface area contributed by atoms with Crippen LogP contribution in [0.5, 0.6) is 0 Å². The minimum atomic E-state index is -1.06. The summed E-state index contributed by atoms with van der Waals surface area (Å²) < 4.78 is 1.04. The molecule has 106 valence electrons. The van der Waals surface area contributed by atoms with Gasteiger partial charge < -0.3 is 9.90 Å². The summed E-state index contributed by atoms with van der Waals surface area (Å²) in [5.74, 6) is -1.13. The number of carboxylic acid groups (broad SMARTS) is 1. The van der Waals surface area contributed by atoms with Gasteiger partial charge >= 0.3 is 0 Å². The molecular formula is C13H13N2O2S3-. The predicted molar refractivity (Wildman–Crippen MR) is 81.6 cm³/mol. The maximum Gasteiger partial charge on any atom is 0.188 e. The van der Waals surface area contributed by atoms with Crippen molar-refractivity contribution in [1.29, 1.82) is 0 Å². The van der Waals surface area contributed by atoms with Gasteiger partial charge in [-0.25, -0.2) is 9.97 Å². The highest BCUT2D eigenvalue weighted by Gasteiger charge is 2.20. The zero-order chi connectivity index (χ0) is 14.1. The molecule has 2 aromatic rings. The van der Waals surface area contributed by atoms with Crippen LogP contribution in [0.2, 0.25) is 0 Å². The molecule has 0 unspecified atom stereocenters. The van der Waals surface area contributed by atoms with E-state index in [0.717, 1.165) is 28.1 Å². The fourth-order valence-corrected chi connectivity index (χ4v) is 4.96. The molecule has 0 aliphatic heterocycles. The van der Waals surface area contributed by atoms with Gasteiger partial charge in [-0.15, -0.1) is 11.3 Å². The number of fused-ring (bicyclic) bond motifs is 3. The molecule has 7 heteroatoms. The van der Waals surface area contributed by atoms with Crippen molar-refractivity contribution in [3.63, 3.8) is 0 Å². The highest BCUT2D eigenvalue weighted by atomic mass is 32.2. The highest BCUT2D eigenvalue weighted by Crippen LogP contribution is 2.40. The van der Waals surface area contributed by atoms with E-state index in [0.29, 0.717) is 5.16 Å². The van der Waals surface area contributed by atoms with Crippen molar-refractivity contribution in [2.45, 2.75) is 35.9 Å². The third kappa shape index (κ3) is 2.66. The van der Waals surface area contributed by atoms with Gasteiger partial charge in [0.2, 0.25) is 0 Å². The number of aromatic nitrogens is 2. The molecule has 0 fully saturated rings. The van der Waals surface area contributed by atoms with Crippen molar-refractivity contribution in [3.8, 4) is 0 Å². The van der Waals surface area contributed by atoms with E-state index in [1.54, 1.807) is 11.3 Å². The van der Waals surface area contributed by atoms with Crippen LogP contribution < -0.4 is 5.11 Å². The number of thioether (sulfide) groups is 2. The van der Waals surface area contributed by atoms with Gasteiger partial charge in [-0.05, 0) is 37.5 Å². The lowest BCUT2D eigenvalue weighted by atomic mass is 9.98. The van der Waals surface area contributed by atoms with Crippen LogP contribution in [0, 0.1) is 0 Å². The molecule has 0 bridgehead atoms. The third-order valence-electron chi connectivity index (χ3n) is 3.25. The number of hydrogen-bond acceptors (Lipinski definition) is 7. The molecule has 0 aromatic carbocycles. The molecule has 3 rings (SSSR count). The van der Waals surface area contributed by atoms with E-state index in [9.17, 15) is 9.90 Å². The number of thiophene rings is 1. The monoisotopic (exact) mass is 325 g/mol. The van der Waals surface area contributed by atoms with E-state index in [-0.39, 0.29) is 5.75 Å². The van der Waals surface area contributed by atoms with Gasteiger partial charge in [-0.1, -0.05) is 23.5 Å². The molecule has 0 saturated heterocycles. The van der Waals surface area contributed by atoms with Gasteiger partial charge in [0.25, 0.3) is 0 Å². The van der Waals surface area contributed by atoms with Gasteiger partial charge in [0.15, 0.2) is 5.16 Å². The lowest BCUT2D eigenvalue weighted by Crippen LogP contribution is -2.24. The van der Waals surface area contributed by atoms with Crippen LogP contribution in [-0.4, -0.2) is 27.9 Å². The number of nitrogens with zero attached hydrogens (tertiary/aromatic N) is 2. The Bertz CT molecular complexity index is 669. The molecule has 2 heterocycles. The highest BCUT2D eigenvalue weighted by molar-refractivity contribution is 8.00. The van der Waals surface area contributed by atoms with Crippen LogP contribution in [0.4, 0.5) is 0 Å². The fourth-order valence-electron chi connectivity index (χ4n) is 2.39. The molecule has 20 heavy (non-hydrogen) atoms. The van der Waals surface area contributed by atoms with Crippen molar-refractivity contribution in [3.05, 3.63) is 10.4 Å². The van der Waals surface area contributed by atoms with Crippen LogP contribution in [0.15, 0.2) is 10.2 Å². The maximum atomic E-state index is 10.7. The number of hydrogen-bond donors (Lipinski definition) is 0. The van der Waals surface area contributed by atoms with Crippen LogP contribution in [-0.2, 0) is 17.6 Å². The Morgan fingerprint density at radius 3 is 2.90 bits per heavy atom. The lowest BCUT2D eigenvalue weighted by Gasteiger charge is -2.10. The first-order valence-corrected chi connectivity index (χ1v) is 9.40. The van der Waals surface area contributed by atoms with Crippen LogP contribution >= 0.6 is 34.9 Å². The lowest BCUT2D eigenvalue weighted by molar-refractivity contribution is -0.301. The van der Waals surface area contributed by atoms with E-state index in [1.807, 2.05) is 6.26 Å². The van der Waals surface area contributed by atoms with Crippen molar-refractivity contribution < 1.29 is 9.90 Å². The van der Waals surface area contributed by atoms with Crippen molar-refractivity contribution in [2.75, 3.05) is 12.0 Å². The van der Waals surface area contributed by atoms with E-state index in [4.69, 9.17) is 0 Å². The average Bonchev–Trinajstić information content (AvgIpc) is 2.83. The number of carbonyl (C=O) groups excluding carboxylic acids is 1. The zero-order valence-corrected chi connectivity index (χ0v) is 13.4. The van der Waals surface area contributed by atoms with Crippen molar-refractivity contribution >= 4 is 51.0 Å². The molecule has 4 nitrogen and oxygen atoms in total. The summed E-state index contributed by atoms with van der Waals surface area (Å²) in [6, 6.07) is 0. The van der Waals surface area contributed by atoms with Crippen LogP contribution in [0.3, 0.4) is 0 Å². The van der Waals surface area contributed by atoms with E-state index < -0.39 is 5.97 Å². The summed E-state index contributed by atoms with van der Waals surface area (Å²) in [7, 11) is 0. The molecular weight excluding hydrogens is 312 g/mol. The van der Waals surface area contributed by atoms with E-state index >= 15 is 0 Å². The Balaban J connectivity index is 2.12. The number of carboxylic acids is 1. The molecule has 1 aliphatic carbocycles. The Hall–Kier alpha value is -0.790. The maximum absolute atomic E-state index is 10.7. The molecule has 2 aromatic heterocycles. The van der Waals surface area contributed by atoms with Gasteiger partial charge in [-0.3, -0.25) is 0 Å². The second kappa shape index (κ2) is 5.91. The van der Waals surface area contributed by atoms with Gasteiger partial charge in [0.1, 0.15) is 5.03 Å². The first kappa shape index (κ1) is 14.2. The van der Waals surface area contributed by atoms with Crippen molar-refractivity contribution in [1.82, 2.24) is 9.97 Å². The van der Waals surface area contributed by atoms with Gasteiger partial charge in [0.05, 0.1) is 16.2 Å². The summed E-state index contributed by atoms with van der Waals surface area (Å²) >= 11 is 4.46. The minimum absolute atomic E-state index is 0.0670. The van der Waals surface area contributed by atoms with Crippen LogP contribution in [0.25, 0.3) is 10.2 Å². The molecule has 1 aliphatic rings. The van der Waals surface area contributed by atoms with E-state index in [1.165, 1.54) is 46.8 Å². The largest absolute Gasteiger partial charge is 0.549 e. The Morgan fingerprint density at radius 1 is 1.35 bits per heavy atom. The number of aryl methyl sites for hydroxylation is 2. The molecule has 0 spiro atoms. The Labute approximate surface area is 129 Å². The van der Waals surface area contributed by atoms with Gasteiger partial charge in [0, 0.05) is 10.6 Å². The number of aliphatic carboxylic acids is 1. The summed E-state index contributed by atoms with van der Waals surface area (Å²) in [6.45, 7) is 0. The number of carbonyl (C=O) groups is 1. The van der Waals surface area contributed by atoms with Crippen molar-refractivity contribution in [2.24, 2.45) is 0 Å². The summed E-state index contributed by atoms with van der Waals surface area (Å²) in [6.07, 6.45) is 6.55. The zero-order valence-electron chi connectivity index (χ0n) is 11.0. The number of rotatable bonds is 4. The fraction of sp³-hybridized carbons (Fsp3) is 0.462. The predicted octanol–water partition coefficient (Wildman–Crippen LogP) is 2.13. The first-order chi connectivity index (χ1) is 9.69. The Morgan fingerprint density at radius 2 is 2.15 bits per heavy atom. The average molecular weight is 325 g/mol. The first-order valence-electron chi connectivity index (χ1n) is 6.38. The second-order valence-electron chi connectivity index (χ2n) is 4.56. The summed E-state index contributed by atoms with van der Waals surface area (Å²) in [4.78, 5) is 21.2. The normalized spacial score (nSPS) is 14.4. The molecule has 0 amide bonds. The smallest absolute Gasteiger partial charge is 0.188 e. The molecule has 0 radical (unpaired) electrons. The minimum Gasteiger partial charge on any atom is -0.549 e. The second-order valence-corrected chi connectivity index (χ2v) is 7.41. The van der Waals surface area contributed by atoms with Gasteiger partial charge in [-0.2, -0.15) is 0 Å². The quantitative estimate of drug-likeness (QED) is 0.487. The summed E-state index contributed by atoms with van der Waals surface area (Å²) in [5.41, 5.74) is 2.38. The SMILES string of the molecule is CSc1nc(SCC(=O)[O-])c2sc3c(c2n1)CCCC3. The Kier molecular flexibility index (Phi) is 4.18. The molecule has 0 saturated carbocycles. The molecule has 0 N–H and O–H groups in total. The topological polar surface area (TPSA) is 65.9 Å². The van der Waals surface area contributed by atoms with Crippen LogP contribution in [0.1, 0.15) is 23.3 Å². The summed E-state index contributed by atoms with van der Waals surface area (Å²) in [5, 5.41) is 12.2. The molecule has 0 atom stereocenters.